The highest BCUT2D eigenvalue weighted by atomic mass is 32.2. The van der Waals surface area contributed by atoms with Crippen molar-refractivity contribution in [1.29, 1.82) is 0 Å². The fourth-order valence-electron chi connectivity index (χ4n) is 1.06. The first kappa shape index (κ1) is 14.1. The molecular formula is C8H8F6S2. The number of thioether (sulfide) groups is 2. The number of hydrogen-bond acceptors (Lipinski definition) is 2. The van der Waals surface area contributed by atoms with Crippen molar-refractivity contribution in [1.82, 2.24) is 0 Å². The maximum atomic E-state index is 12.4. The van der Waals surface area contributed by atoms with E-state index in [2.05, 4.69) is 0 Å². The molecular weight excluding hydrogens is 274 g/mol. The van der Waals surface area contributed by atoms with E-state index in [1.807, 2.05) is 0 Å². The van der Waals surface area contributed by atoms with E-state index in [0.717, 1.165) is 0 Å². The van der Waals surface area contributed by atoms with Gasteiger partial charge in [0.15, 0.2) is 0 Å². The highest BCUT2D eigenvalue weighted by Gasteiger charge is 2.50. The van der Waals surface area contributed by atoms with Gasteiger partial charge < -0.3 is 0 Å². The minimum atomic E-state index is -4.93. The third-order valence-electron chi connectivity index (χ3n) is 1.99. The van der Waals surface area contributed by atoms with E-state index in [1.165, 1.54) is 13.8 Å². The molecule has 0 fully saturated rings. The van der Waals surface area contributed by atoms with E-state index < -0.39 is 32.7 Å². The SMILES string of the molecule is CC1SC(C(F)(F)F)=C(C(F)(F)F)SC1C. The van der Waals surface area contributed by atoms with Gasteiger partial charge in [-0.1, -0.05) is 13.8 Å². The number of hydrogen-bond donors (Lipinski definition) is 0. The summed E-state index contributed by atoms with van der Waals surface area (Å²) in [5.41, 5.74) is 0. The smallest absolute Gasteiger partial charge is 0.166 e. The standard InChI is InChI=1S/C8H8F6S2/c1-3-4(2)16-6(8(12,13)14)5(15-3)7(9,10)11/h3-4H,1-2H3. The minimum absolute atomic E-state index is 0.250. The summed E-state index contributed by atoms with van der Waals surface area (Å²) in [7, 11) is 0. The van der Waals surface area contributed by atoms with Crippen molar-refractivity contribution in [2.24, 2.45) is 0 Å². The van der Waals surface area contributed by atoms with E-state index in [-0.39, 0.29) is 23.5 Å². The van der Waals surface area contributed by atoms with Crippen LogP contribution in [0.2, 0.25) is 0 Å². The van der Waals surface area contributed by atoms with Gasteiger partial charge in [-0.25, -0.2) is 0 Å². The fourth-order valence-corrected chi connectivity index (χ4v) is 3.52. The number of allylic oxidation sites excluding steroid dienone is 2. The Balaban J connectivity index is 3.20. The molecule has 0 saturated heterocycles. The van der Waals surface area contributed by atoms with E-state index in [9.17, 15) is 26.3 Å². The fraction of sp³-hybridized carbons (Fsp3) is 0.750. The first-order valence-electron chi connectivity index (χ1n) is 4.25. The summed E-state index contributed by atoms with van der Waals surface area (Å²) in [6, 6.07) is 0. The molecule has 0 nitrogen and oxygen atoms in total. The van der Waals surface area contributed by atoms with E-state index in [1.54, 1.807) is 0 Å². The van der Waals surface area contributed by atoms with Gasteiger partial charge in [0, 0.05) is 10.5 Å². The number of alkyl halides is 6. The molecule has 1 heterocycles. The Bertz CT molecular complexity index is 273. The van der Waals surface area contributed by atoms with E-state index in [0.29, 0.717) is 0 Å². The Kier molecular flexibility index (Phi) is 3.84. The monoisotopic (exact) mass is 282 g/mol. The molecule has 1 aliphatic heterocycles. The van der Waals surface area contributed by atoms with Crippen molar-refractivity contribution in [3.05, 3.63) is 9.81 Å². The topological polar surface area (TPSA) is 0 Å². The molecule has 2 unspecified atom stereocenters. The summed E-state index contributed by atoms with van der Waals surface area (Å²) in [4.78, 5) is -3.04. The van der Waals surface area contributed by atoms with Crippen LogP contribution in [0, 0.1) is 0 Å². The van der Waals surface area contributed by atoms with Gasteiger partial charge in [-0.3, -0.25) is 0 Å². The molecule has 0 aromatic rings. The van der Waals surface area contributed by atoms with Crippen molar-refractivity contribution in [3.63, 3.8) is 0 Å². The van der Waals surface area contributed by atoms with Gasteiger partial charge in [0.05, 0.1) is 0 Å². The molecule has 94 valence electrons. The first-order valence-corrected chi connectivity index (χ1v) is 6.01. The molecule has 8 heteroatoms. The van der Waals surface area contributed by atoms with Crippen LogP contribution in [0.1, 0.15) is 13.8 Å². The lowest BCUT2D eigenvalue weighted by molar-refractivity contribution is -0.104. The average molecular weight is 282 g/mol. The van der Waals surface area contributed by atoms with Gasteiger partial charge in [0.2, 0.25) is 0 Å². The molecule has 1 aliphatic rings. The Morgan fingerprint density at radius 3 is 1.19 bits per heavy atom. The lowest BCUT2D eigenvalue weighted by Gasteiger charge is -2.30. The predicted molar refractivity (Wildman–Crippen MR) is 53.2 cm³/mol. The van der Waals surface area contributed by atoms with Gasteiger partial charge in [0.25, 0.3) is 0 Å². The second-order valence-electron chi connectivity index (χ2n) is 3.30. The molecule has 0 aromatic carbocycles. The molecule has 1 rings (SSSR count). The lowest BCUT2D eigenvalue weighted by atomic mass is 10.3. The van der Waals surface area contributed by atoms with Gasteiger partial charge >= 0.3 is 12.4 Å². The molecule has 0 N–H and O–H groups in total. The third kappa shape index (κ3) is 3.03. The summed E-state index contributed by atoms with van der Waals surface area (Å²) in [5.74, 6) is 0. The van der Waals surface area contributed by atoms with Gasteiger partial charge in [-0.2, -0.15) is 26.3 Å². The summed E-state index contributed by atoms with van der Waals surface area (Å²) in [5, 5.41) is -0.986. The normalized spacial score (nSPS) is 28.5. The second-order valence-corrected chi connectivity index (χ2v) is 6.07. The van der Waals surface area contributed by atoms with Crippen LogP contribution in [-0.2, 0) is 0 Å². The largest absolute Gasteiger partial charge is 0.423 e. The second kappa shape index (κ2) is 4.36. The molecule has 0 aromatic heterocycles. The molecule has 2 atom stereocenters. The van der Waals surface area contributed by atoms with Crippen LogP contribution in [0.3, 0.4) is 0 Å². The average Bonchev–Trinajstić information content (AvgIpc) is 2.05. The maximum Gasteiger partial charge on any atom is 0.423 e. The number of halogens is 6. The zero-order chi connectivity index (χ0) is 12.7. The summed E-state index contributed by atoms with van der Waals surface area (Å²) in [6.07, 6.45) is -9.87. The molecule has 0 radical (unpaired) electrons. The van der Waals surface area contributed by atoms with Crippen LogP contribution in [0.5, 0.6) is 0 Å². The van der Waals surface area contributed by atoms with Crippen molar-refractivity contribution >= 4 is 23.5 Å². The van der Waals surface area contributed by atoms with Gasteiger partial charge in [-0.05, 0) is 0 Å². The van der Waals surface area contributed by atoms with Crippen LogP contribution >= 0.6 is 23.5 Å². The van der Waals surface area contributed by atoms with Crippen LogP contribution < -0.4 is 0 Å². The molecule has 0 aliphatic carbocycles. The molecule has 16 heavy (non-hydrogen) atoms. The van der Waals surface area contributed by atoms with E-state index >= 15 is 0 Å². The van der Waals surface area contributed by atoms with Gasteiger partial charge in [0.1, 0.15) is 9.81 Å². The van der Waals surface area contributed by atoms with Gasteiger partial charge in [-0.15, -0.1) is 23.5 Å². The van der Waals surface area contributed by atoms with Crippen LogP contribution in [0.4, 0.5) is 26.3 Å². The van der Waals surface area contributed by atoms with Crippen LogP contribution in [-0.4, -0.2) is 22.9 Å². The van der Waals surface area contributed by atoms with Crippen LogP contribution in [0.25, 0.3) is 0 Å². The Labute approximate surface area is 96.8 Å². The highest BCUT2D eigenvalue weighted by Crippen LogP contribution is 2.54. The van der Waals surface area contributed by atoms with Crippen LogP contribution in [0.15, 0.2) is 9.81 Å². The quantitative estimate of drug-likeness (QED) is 0.596. The molecule has 0 amide bonds. The Morgan fingerprint density at radius 1 is 0.750 bits per heavy atom. The van der Waals surface area contributed by atoms with Crippen molar-refractivity contribution in [2.45, 2.75) is 36.7 Å². The van der Waals surface area contributed by atoms with Crippen molar-refractivity contribution in [3.8, 4) is 0 Å². The predicted octanol–water partition coefficient (Wildman–Crippen LogP) is 4.58. The van der Waals surface area contributed by atoms with Crippen molar-refractivity contribution < 1.29 is 26.3 Å². The zero-order valence-corrected chi connectivity index (χ0v) is 9.87. The maximum absolute atomic E-state index is 12.4. The highest BCUT2D eigenvalue weighted by molar-refractivity contribution is 8.10. The molecule has 0 saturated carbocycles. The lowest BCUT2D eigenvalue weighted by Crippen LogP contribution is -2.28. The Morgan fingerprint density at radius 2 is 1.00 bits per heavy atom. The summed E-state index contributed by atoms with van der Waals surface area (Å²) in [6.45, 7) is 2.97. The first-order chi connectivity index (χ1) is 7.03. The minimum Gasteiger partial charge on any atom is -0.166 e. The Hall–Kier alpha value is 0.0200. The summed E-state index contributed by atoms with van der Waals surface area (Å²) >= 11 is 0.500. The van der Waals surface area contributed by atoms with E-state index in [4.69, 9.17) is 0 Å². The number of rotatable bonds is 0. The zero-order valence-electron chi connectivity index (χ0n) is 8.24. The van der Waals surface area contributed by atoms with Crippen molar-refractivity contribution in [2.75, 3.05) is 0 Å². The third-order valence-corrected chi connectivity index (χ3v) is 5.19. The molecule has 0 bridgehead atoms. The molecule has 0 spiro atoms. The summed E-state index contributed by atoms with van der Waals surface area (Å²) < 4.78 is 74.6.